The Morgan fingerprint density at radius 1 is 1.11 bits per heavy atom. The molecular weight excluding hydrogens is 475 g/mol. The molecule has 28 heavy (non-hydrogen) atoms. The number of nitrogens with one attached hydrogen (secondary N) is 2. The average Bonchev–Trinajstić information content (AvgIpc) is 2.70. The van der Waals surface area contributed by atoms with Crippen molar-refractivity contribution in [1.82, 2.24) is 10.2 Å². The molecular formula is C19H33IN4O4. The van der Waals surface area contributed by atoms with E-state index >= 15 is 0 Å². The lowest BCUT2D eigenvalue weighted by Gasteiger charge is -2.43. The first-order chi connectivity index (χ1) is 13.0. The Hall–Kier alpha value is -1.46. The Labute approximate surface area is 185 Å². The molecule has 9 heteroatoms. The van der Waals surface area contributed by atoms with Crippen LogP contribution in [0.4, 0.5) is 5.69 Å². The second kappa shape index (κ2) is 11.5. The highest BCUT2D eigenvalue weighted by Gasteiger charge is 2.34. The molecule has 1 fully saturated rings. The van der Waals surface area contributed by atoms with Crippen molar-refractivity contribution in [2.75, 3.05) is 67.5 Å². The molecule has 2 rings (SSSR count). The van der Waals surface area contributed by atoms with Gasteiger partial charge in [-0.05, 0) is 26.9 Å². The van der Waals surface area contributed by atoms with Gasteiger partial charge in [0.1, 0.15) is 0 Å². The third kappa shape index (κ3) is 5.77. The molecule has 1 aliphatic rings. The number of halogens is 1. The van der Waals surface area contributed by atoms with Crippen molar-refractivity contribution in [1.29, 1.82) is 0 Å². The molecule has 1 saturated heterocycles. The molecule has 1 aromatic carbocycles. The maximum Gasteiger partial charge on any atom is 0.203 e. The smallest absolute Gasteiger partial charge is 0.203 e. The molecule has 0 saturated carbocycles. The van der Waals surface area contributed by atoms with Gasteiger partial charge in [-0.15, -0.1) is 24.0 Å². The number of anilines is 1. The normalized spacial score (nSPS) is 16.2. The summed E-state index contributed by atoms with van der Waals surface area (Å²) in [6.07, 6.45) is 1.96. The van der Waals surface area contributed by atoms with Crippen LogP contribution in [0.5, 0.6) is 17.2 Å². The summed E-state index contributed by atoms with van der Waals surface area (Å²) in [7, 11) is 10.8. The van der Waals surface area contributed by atoms with E-state index in [1.54, 1.807) is 28.4 Å². The first kappa shape index (κ1) is 24.6. The molecule has 0 bridgehead atoms. The molecule has 1 aliphatic heterocycles. The number of hydrogen-bond acceptors (Lipinski definition) is 6. The van der Waals surface area contributed by atoms with Crippen molar-refractivity contribution in [2.24, 2.45) is 4.99 Å². The first-order valence-electron chi connectivity index (χ1n) is 9.02. The zero-order valence-electron chi connectivity index (χ0n) is 17.6. The van der Waals surface area contributed by atoms with Crippen molar-refractivity contribution >= 4 is 35.6 Å². The highest BCUT2D eigenvalue weighted by atomic mass is 127. The van der Waals surface area contributed by atoms with E-state index in [-0.39, 0.29) is 29.5 Å². The molecule has 0 amide bonds. The van der Waals surface area contributed by atoms with Gasteiger partial charge in [0.2, 0.25) is 5.75 Å². The lowest BCUT2D eigenvalue weighted by molar-refractivity contribution is -0.00491. The van der Waals surface area contributed by atoms with Crippen LogP contribution < -0.4 is 24.8 Å². The topological polar surface area (TPSA) is 76.6 Å². The van der Waals surface area contributed by atoms with E-state index in [9.17, 15) is 0 Å². The quantitative estimate of drug-likeness (QED) is 0.333. The summed E-state index contributed by atoms with van der Waals surface area (Å²) in [6.45, 7) is 2.32. The summed E-state index contributed by atoms with van der Waals surface area (Å²) in [5, 5.41) is 6.74. The Morgan fingerprint density at radius 3 is 2.11 bits per heavy atom. The number of likely N-dealkylation sites (N-methyl/N-ethyl adjacent to an activating group) is 1. The predicted octanol–water partition coefficient (Wildman–Crippen LogP) is 2.43. The summed E-state index contributed by atoms with van der Waals surface area (Å²) in [5.41, 5.74) is 0.842. The molecule has 0 aliphatic carbocycles. The van der Waals surface area contributed by atoms with Crippen molar-refractivity contribution in [3.05, 3.63) is 12.1 Å². The van der Waals surface area contributed by atoms with E-state index in [4.69, 9.17) is 18.9 Å². The fourth-order valence-electron chi connectivity index (χ4n) is 3.25. The SMILES string of the molecule is CN=C(NCC1(N(C)C)CCOCC1)Nc1cc(OC)c(OC)c(OC)c1.I. The lowest BCUT2D eigenvalue weighted by Crippen LogP contribution is -2.56. The second-order valence-corrected chi connectivity index (χ2v) is 6.70. The van der Waals surface area contributed by atoms with Crippen LogP contribution in [0, 0.1) is 0 Å². The van der Waals surface area contributed by atoms with Gasteiger partial charge in [0.25, 0.3) is 0 Å². The fraction of sp³-hybridized carbons (Fsp3) is 0.632. The zero-order valence-corrected chi connectivity index (χ0v) is 20.0. The lowest BCUT2D eigenvalue weighted by atomic mass is 9.88. The number of hydrogen-bond donors (Lipinski definition) is 2. The van der Waals surface area contributed by atoms with Crippen LogP contribution in [-0.2, 0) is 4.74 Å². The number of guanidine groups is 1. The van der Waals surface area contributed by atoms with Gasteiger partial charge in [-0.3, -0.25) is 4.99 Å². The van der Waals surface area contributed by atoms with Gasteiger partial charge in [0.15, 0.2) is 17.5 Å². The number of methoxy groups -OCH3 is 3. The average molecular weight is 508 g/mol. The minimum Gasteiger partial charge on any atom is -0.493 e. The van der Waals surface area contributed by atoms with Gasteiger partial charge in [0.05, 0.1) is 21.3 Å². The highest BCUT2D eigenvalue weighted by Crippen LogP contribution is 2.39. The van der Waals surface area contributed by atoms with Crippen LogP contribution in [0.15, 0.2) is 17.1 Å². The Morgan fingerprint density at radius 2 is 1.68 bits per heavy atom. The van der Waals surface area contributed by atoms with E-state index in [0.717, 1.165) is 38.3 Å². The predicted molar refractivity (Wildman–Crippen MR) is 123 cm³/mol. The van der Waals surface area contributed by atoms with Crippen molar-refractivity contribution in [3.63, 3.8) is 0 Å². The summed E-state index contributed by atoms with van der Waals surface area (Å²) >= 11 is 0. The Balaban J connectivity index is 0.00000392. The molecule has 8 nitrogen and oxygen atoms in total. The number of aliphatic imine (C=N–C) groups is 1. The third-order valence-corrected chi connectivity index (χ3v) is 5.11. The van der Waals surface area contributed by atoms with Crippen LogP contribution in [0.25, 0.3) is 0 Å². The Kier molecular flexibility index (Phi) is 10.1. The molecule has 0 aromatic heterocycles. The molecule has 2 N–H and O–H groups in total. The highest BCUT2D eigenvalue weighted by molar-refractivity contribution is 14.0. The zero-order chi connectivity index (χ0) is 19.9. The van der Waals surface area contributed by atoms with E-state index in [0.29, 0.717) is 23.2 Å². The maximum atomic E-state index is 5.54. The Bertz CT molecular complexity index is 624. The number of ether oxygens (including phenoxy) is 4. The van der Waals surface area contributed by atoms with Crippen LogP contribution in [0.2, 0.25) is 0 Å². The van der Waals surface area contributed by atoms with Crippen molar-refractivity contribution < 1.29 is 18.9 Å². The standard InChI is InChI=1S/C19H32N4O4.HI/c1-20-18(21-13-19(23(2)3)7-9-27-10-8-19)22-14-11-15(24-4)17(26-6)16(12-14)25-5;/h11-12H,7-10,13H2,1-6H3,(H2,20,21,22);1H. The summed E-state index contributed by atoms with van der Waals surface area (Å²) < 4.78 is 21.7. The second-order valence-electron chi connectivity index (χ2n) is 6.70. The van der Waals surface area contributed by atoms with Gasteiger partial charge in [0, 0.05) is 50.2 Å². The molecule has 0 spiro atoms. The first-order valence-corrected chi connectivity index (χ1v) is 9.02. The van der Waals surface area contributed by atoms with Gasteiger partial charge < -0.3 is 34.5 Å². The van der Waals surface area contributed by atoms with Crippen LogP contribution >= 0.6 is 24.0 Å². The molecule has 1 aromatic rings. The van der Waals surface area contributed by atoms with Crippen molar-refractivity contribution in [2.45, 2.75) is 18.4 Å². The molecule has 0 unspecified atom stereocenters. The third-order valence-electron chi connectivity index (χ3n) is 5.11. The van der Waals surface area contributed by atoms with E-state index in [1.807, 2.05) is 12.1 Å². The molecule has 160 valence electrons. The summed E-state index contributed by atoms with van der Waals surface area (Å²) in [4.78, 5) is 6.62. The van der Waals surface area contributed by atoms with E-state index < -0.39 is 0 Å². The maximum absolute atomic E-state index is 5.54. The van der Waals surface area contributed by atoms with Gasteiger partial charge >= 0.3 is 0 Å². The minimum absolute atomic E-state index is 0. The molecule has 0 radical (unpaired) electrons. The monoisotopic (exact) mass is 508 g/mol. The minimum atomic E-state index is 0. The fourth-order valence-corrected chi connectivity index (χ4v) is 3.25. The largest absolute Gasteiger partial charge is 0.493 e. The van der Waals surface area contributed by atoms with Gasteiger partial charge in [-0.2, -0.15) is 0 Å². The van der Waals surface area contributed by atoms with Crippen LogP contribution in [-0.4, -0.2) is 78.6 Å². The number of benzene rings is 1. The summed E-state index contributed by atoms with van der Waals surface area (Å²) in [5.74, 6) is 2.41. The van der Waals surface area contributed by atoms with Gasteiger partial charge in [-0.25, -0.2) is 0 Å². The molecule has 1 heterocycles. The van der Waals surface area contributed by atoms with E-state index in [1.165, 1.54) is 0 Å². The van der Waals surface area contributed by atoms with Crippen molar-refractivity contribution in [3.8, 4) is 17.2 Å². The summed E-state index contributed by atoms with van der Waals surface area (Å²) in [6, 6.07) is 3.70. The van der Waals surface area contributed by atoms with E-state index in [2.05, 4.69) is 34.6 Å². The van der Waals surface area contributed by atoms with Gasteiger partial charge in [-0.1, -0.05) is 0 Å². The number of rotatable bonds is 7. The molecule has 0 atom stereocenters. The number of nitrogens with zero attached hydrogens (tertiary/aromatic N) is 2. The van der Waals surface area contributed by atoms with Crippen LogP contribution in [0.3, 0.4) is 0 Å². The van der Waals surface area contributed by atoms with Crippen LogP contribution in [0.1, 0.15) is 12.8 Å².